The summed E-state index contributed by atoms with van der Waals surface area (Å²) in [5.41, 5.74) is 1.84. The second kappa shape index (κ2) is 7.20. The summed E-state index contributed by atoms with van der Waals surface area (Å²) >= 11 is 0. The molecule has 3 aromatic rings. The standard InChI is InChI=1S/C17H22N8O/c1-13-3-4-15(22-21-13)26-10-9-23-5-7-24(8-6-23)16-11-14(2)20-17-18-12-19-25(16)17/h3-4,11-12H,5-10H2,1-2H3. The molecule has 0 aliphatic carbocycles. The average molecular weight is 354 g/mol. The smallest absolute Gasteiger partial charge is 0.254 e. The van der Waals surface area contributed by atoms with Gasteiger partial charge in [-0.1, -0.05) is 0 Å². The van der Waals surface area contributed by atoms with Crippen LogP contribution in [0.2, 0.25) is 0 Å². The Bertz CT molecular complexity index is 870. The molecule has 9 heteroatoms. The van der Waals surface area contributed by atoms with E-state index in [4.69, 9.17) is 4.74 Å². The van der Waals surface area contributed by atoms with Crippen LogP contribution in [0.25, 0.3) is 5.78 Å². The SMILES string of the molecule is Cc1ccc(OCCN2CCN(c3cc(C)nc4ncnn34)CC2)nn1. The van der Waals surface area contributed by atoms with E-state index in [0.29, 0.717) is 18.3 Å². The molecule has 0 amide bonds. The van der Waals surface area contributed by atoms with Crippen LogP contribution in [0.1, 0.15) is 11.4 Å². The minimum absolute atomic E-state index is 0.579. The number of hydrogen-bond acceptors (Lipinski definition) is 8. The fourth-order valence-corrected chi connectivity index (χ4v) is 3.08. The number of aryl methyl sites for hydroxylation is 2. The van der Waals surface area contributed by atoms with Crippen LogP contribution < -0.4 is 9.64 Å². The van der Waals surface area contributed by atoms with Crippen molar-refractivity contribution in [3.8, 4) is 5.88 Å². The highest BCUT2D eigenvalue weighted by Crippen LogP contribution is 2.17. The molecule has 0 radical (unpaired) electrons. The molecule has 1 fully saturated rings. The Morgan fingerprint density at radius 3 is 2.65 bits per heavy atom. The highest BCUT2D eigenvalue weighted by atomic mass is 16.5. The second-order valence-electron chi connectivity index (χ2n) is 6.42. The van der Waals surface area contributed by atoms with Gasteiger partial charge in [0.15, 0.2) is 0 Å². The zero-order valence-electron chi connectivity index (χ0n) is 15.0. The number of anilines is 1. The first-order valence-corrected chi connectivity index (χ1v) is 8.77. The van der Waals surface area contributed by atoms with E-state index in [1.165, 1.54) is 0 Å². The Hall–Kier alpha value is -2.81. The van der Waals surface area contributed by atoms with E-state index in [1.54, 1.807) is 6.33 Å². The van der Waals surface area contributed by atoms with E-state index in [0.717, 1.165) is 49.9 Å². The van der Waals surface area contributed by atoms with Crippen molar-refractivity contribution in [1.82, 2.24) is 34.7 Å². The van der Waals surface area contributed by atoms with Gasteiger partial charge in [0.25, 0.3) is 5.78 Å². The molecular formula is C17H22N8O. The largest absolute Gasteiger partial charge is 0.475 e. The lowest BCUT2D eigenvalue weighted by molar-refractivity contribution is 0.195. The monoisotopic (exact) mass is 354 g/mol. The van der Waals surface area contributed by atoms with Crippen molar-refractivity contribution in [2.45, 2.75) is 13.8 Å². The average Bonchev–Trinajstić information content (AvgIpc) is 3.12. The molecule has 4 heterocycles. The van der Waals surface area contributed by atoms with Gasteiger partial charge in [-0.05, 0) is 19.9 Å². The summed E-state index contributed by atoms with van der Waals surface area (Å²) in [7, 11) is 0. The predicted octanol–water partition coefficient (Wildman–Crippen LogP) is 0.732. The zero-order chi connectivity index (χ0) is 17.9. The van der Waals surface area contributed by atoms with Crippen LogP contribution in [-0.2, 0) is 0 Å². The van der Waals surface area contributed by atoms with Gasteiger partial charge in [-0.3, -0.25) is 4.90 Å². The molecular weight excluding hydrogens is 332 g/mol. The van der Waals surface area contributed by atoms with E-state index in [2.05, 4.69) is 41.1 Å². The number of nitrogens with zero attached hydrogens (tertiary/aromatic N) is 8. The van der Waals surface area contributed by atoms with Crippen molar-refractivity contribution in [2.24, 2.45) is 0 Å². The summed E-state index contributed by atoms with van der Waals surface area (Å²) < 4.78 is 7.49. The number of hydrogen-bond donors (Lipinski definition) is 0. The molecule has 1 aliphatic heterocycles. The van der Waals surface area contributed by atoms with Crippen LogP contribution in [0.5, 0.6) is 5.88 Å². The third-order valence-electron chi connectivity index (χ3n) is 4.49. The van der Waals surface area contributed by atoms with Crippen molar-refractivity contribution in [3.63, 3.8) is 0 Å². The van der Waals surface area contributed by atoms with Gasteiger partial charge in [0.2, 0.25) is 5.88 Å². The van der Waals surface area contributed by atoms with Crippen LogP contribution in [0.3, 0.4) is 0 Å². The molecule has 0 atom stereocenters. The molecule has 0 spiro atoms. The van der Waals surface area contributed by atoms with E-state index in [1.807, 2.05) is 30.5 Å². The van der Waals surface area contributed by atoms with Gasteiger partial charge in [-0.15, -0.1) is 5.10 Å². The summed E-state index contributed by atoms with van der Waals surface area (Å²) in [5.74, 6) is 2.28. The molecule has 1 saturated heterocycles. The highest BCUT2D eigenvalue weighted by Gasteiger charge is 2.20. The lowest BCUT2D eigenvalue weighted by atomic mass is 10.3. The normalized spacial score (nSPS) is 15.5. The minimum atomic E-state index is 0.579. The van der Waals surface area contributed by atoms with Gasteiger partial charge >= 0.3 is 0 Å². The molecule has 0 saturated carbocycles. The molecule has 0 unspecified atom stereocenters. The number of ether oxygens (including phenoxy) is 1. The molecule has 4 rings (SSSR count). The Morgan fingerprint density at radius 2 is 1.88 bits per heavy atom. The van der Waals surface area contributed by atoms with Crippen LogP contribution in [0, 0.1) is 13.8 Å². The van der Waals surface area contributed by atoms with Gasteiger partial charge < -0.3 is 9.64 Å². The van der Waals surface area contributed by atoms with E-state index < -0.39 is 0 Å². The van der Waals surface area contributed by atoms with Crippen LogP contribution >= 0.6 is 0 Å². The van der Waals surface area contributed by atoms with E-state index in [-0.39, 0.29) is 0 Å². The first-order valence-electron chi connectivity index (χ1n) is 8.77. The van der Waals surface area contributed by atoms with Crippen LogP contribution in [0.15, 0.2) is 24.5 Å². The number of fused-ring (bicyclic) bond motifs is 1. The molecule has 26 heavy (non-hydrogen) atoms. The third kappa shape index (κ3) is 3.57. The summed E-state index contributed by atoms with van der Waals surface area (Å²) in [6, 6.07) is 5.83. The fourth-order valence-electron chi connectivity index (χ4n) is 3.08. The van der Waals surface area contributed by atoms with Crippen molar-refractivity contribution in [3.05, 3.63) is 35.9 Å². The van der Waals surface area contributed by atoms with Gasteiger partial charge in [0, 0.05) is 50.6 Å². The van der Waals surface area contributed by atoms with Gasteiger partial charge in [0.1, 0.15) is 18.8 Å². The highest BCUT2D eigenvalue weighted by molar-refractivity contribution is 5.47. The quantitative estimate of drug-likeness (QED) is 0.663. The zero-order valence-corrected chi connectivity index (χ0v) is 15.0. The van der Waals surface area contributed by atoms with E-state index >= 15 is 0 Å². The molecule has 9 nitrogen and oxygen atoms in total. The Morgan fingerprint density at radius 1 is 1.04 bits per heavy atom. The Kier molecular flexibility index (Phi) is 4.61. The molecule has 0 aromatic carbocycles. The van der Waals surface area contributed by atoms with Crippen LogP contribution in [0.4, 0.5) is 5.82 Å². The van der Waals surface area contributed by atoms with Crippen LogP contribution in [-0.4, -0.2) is 74.0 Å². The summed E-state index contributed by atoms with van der Waals surface area (Å²) in [4.78, 5) is 13.3. The Labute approximate surface area is 151 Å². The maximum Gasteiger partial charge on any atom is 0.254 e. The molecule has 1 aliphatic rings. The summed E-state index contributed by atoms with van der Waals surface area (Å²) in [6.45, 7) is 9.19. The lowest BCUT2D eigenvalue weighted by Crippen LogP contribution is -2.48. The van der Waals surface area contributed by atoms with Gasteiger partial charge in [-0.2, -0.15) is 19.7 Å². The van der Waals surface area contributed by atoms with Crippen molar-refractivity contribution < 1.29 is 4.74 Å². The lowest BCUT2D eigenvalue weighted by Gasteiger charge is -2.35. The predicted molar refractivity (Wildman–Crippen MR) is 96.4 cm³/mol. The van der Waals surface area contributed by atoms with Crippen molar-refractivity contribution >= 4 is 11.6 Å². The maximum absolute atomic E-state index is 5.68. The third-order valence-corrected chi connectivity index (χ3v) is 4.49. The molecule has 0 N–H and O–H groups in total. The van der Waals surface area contributed by atoms with E-state index in [9.17, 15) is 0 Å². The molecule has 3 aromatic heterocycles. The fraction of sp³-hybridized carbons (Fsp3) is 0.471. The summed E-state index contributed by atoms with van der Waals surface area (Å²) in [5, 5.41) is 12.3. The summed E-state index contributed by atoms with van der Waals surface area (Å²) in [6.07, 6.45) is 1.55. The van der Waals surface area contributed by atoms with Gasteiger partial charge in [0.05, 0.1) is 5.69 Å². The number of piperazine rings is 1. The second-order valence-corrected chi connectivity index (χ2v) is 6.42. The first-order chi connectivity index (χ1) is 12.7. The minimum Gasteiger partial charge on any atom is -0.475 e. The Balaban J connectivity index is 1.31. The van der Waals surface area contributed by atoms with Gasteiger partial charge in [-0.25, -0.2) is 4.98 Å². The molecule has 136 valence electrons. The van der Waals surface area contributed by atoms with Crippen molar-refractivity contribution in [2.75, 3.05) is 44.2 Å². The first kappa shape index (κ1) is 16.6. The van der Waals surface area contributed by atoms with Crippen molar-refractivity contribution in [1.29, 1.82) is 0 Å². The number of rotatable bonds is 5. The molecule has 0 bridgehead atoms. The topological polar surface area (TPSA) is 84.6 Å². The maximum atomic E-state index is 5.68. The number of aromatic nitrogens is 6.